The van der Waals surface area contributed by atoms with Crippen molar-refractivity contribution in [3.8, 4) is 22.3 Å². The van der Waals surface area contributed by atoms with E-state index in [-0.39, 0.29) is 46.4 Å². The number of aromatic amines is 1. The fourth-order valence-corrected chi connectivity index (χ4v) is 11.8. The number of hydrazine groups is 1. The van der Waals surface area contributed by atoms with Crippen molar-refractivity contribution in [1.82, 2.24) is 49.4 Å². The van der Waals surface area contributed by atoms with Crippen LogP contribution in [0.5, 0.6) is 0 Å². The van der Waals surface area contributed by atoms with Crippen molar-refractivity contribution >= 4 is 75.4 Å². The smallest absolute Gasteiger partial charge is 0.186 e. The van der Waals surface area contributed by atoms with Crippen molar-refractivity contribution in [3.05, 3.63) is 108 Å². The minimum absolute atomic E-state index is 0.0739. The Morgan fingerprint density at radius 2 is 1.14 bits per heavy atom. The summed E-state index contributed by atoms with van der Waals surface area (Å²) < 4.78 is 51.0. The molecular weight excluding hydrogens is 855 g/mol. The minimum atomic E-state index is -3.04. The molecule has 328 valence electrons. The normalized spacial score (nSPS) is 16.4. The van der Waals surface area contributed by atoms with Crippen LogP contribution in [0.3, 0.4) is 0 Å². The zero-order chi connectivity index (χ0) is 44.9. The van der Waals surface area contributed by atoms with E-state index >= 15 is 0 Å². The number of nitrogens with zero attached hydrogens (tertiary/aromatic N) is 9. The maximum absolute atomic E-state index is 12.4. The number of nitrogens with two attached hydrogens (primary N) is 3. The molecule has 2 aliphatic rings. The summed E-state index contributed by atoms with van der Waals surface area (Å²) >= 11 is 0. The van der Waals surface area contributed by atoms with E-state index in [1.54, 1.807) is 23.1 Å². The summed E-state index contributed by atoms with van der Waals surface area (Å²) in [5, 5.41) is 19.5. The average molecular weight is 900 g/mol. The number of hydrogen-bond donors (Lipinski definition) is 4. The third-order valence-electron chi connectivity index (χ3n) is 12.1. The first kappa shape index (κ1) is 42.6. The fourth-order valence-electron chi connectivity index (χ4n) is 8.81. The summed E-state index contributed by atoms with van der Waals surface area (Å²) in [6.07, 6.45) is 9.07. The van der Waals surface area contributed by atoms with E-state index in [1.165, 1.54) is 11.4 Å². The number of hydrogen-bond acceptors (Lipinski definition) is 15. The van der Waals surface area contributed by atoms with Crippen LogP contribution in [-0.4, -0.2) is 95.0 Å². The van der Waals surface area contributed by atoms with Gasteiger partial charge >= 0.3 is 0 Å². The minimum Gasteiger partial charge on any atom is -0.383 e. The molecule has 9 heterocycles. The summed E-state index contributed by atoms with van der Waals surface area (Å²) in [7, 11) is -5.99. The zero-order valence-electron chi connectivity index (χ0n) is 35.0. The number of aromatic nitrogens is 10. The van der Waals surface area contributed by atoms with Gasteiger partial charge in [-0.3, -0.25) is 31.5 Å². The van der Waals surface area contributed by atoms with Gasteiger partial charge in [0.15, 0.2) is 22.7 Å². The van der Waals surface area contributed by atoms with Gasteiger partial charge in [0.2, 0.25) is 0 Å². The molecule has 0 spiro atoms. The van der Waals surface area contributed by atoms with Crippen LogP contribution in [0.15, 0.2) is 85.5 Å². The van der Waals surface area contributed by atoms with Crippen LogP contribution in [0, 0.1) is 6.92 Å². The van der Waals surface area contributed by atoms with E-state index in [1.807, 2.05) is 67.7 Å². The van der Waals surface area contributed by atoms with Gasteiger partial charge in [-0.2, -0.15) is 24.3 Å². The van der Waals surface area contributed by atoms with Crippen LogP contribution >= 0.6 is 0 Å². The van der Waals surface area contributed by atoms with Crippen LogP contribution in [0.1, 0.15) is 71.9 Å². The highest BCUT2D eigenvalue weighted by Crippen LogP contribution is 2.38. The summed E-state index contributed by atoms with van der Waals surface area (Å²) in [6, 6.07) is 19.9. The number of ketones is 1. The lowest BCUT2D eigenvalue weighted by Crippen LogP contribution is -2.25. The summed E-state index contributed by atoms with van der Waals surface area (Å²) in [6.45, 7) is 3.41. The molecule has 18 nitrogen and oxygen atoms in total. The van der Waals surface area contributed by atoms with Crippen molar-refractivity contribution in [3.63, 3.8) is 0 Å². The van der Waals surface area contributed by atoms with Gasteiger partial charge in [0.25, 0.3) is 0 Å². The van der Waals surface area contributed by atoms with Crippen LogP contribution in [-0.2, 0) is 19.7 Å². The average Bonchev–Trinajstić information content (AvgIpc) is 4.04. The lowest BCUT2D eigenvalue weighted by Gasteiger charge is -2.24. The zero-order valence-corrected chi connectivity index (χ0v) is 36.6. The Hall–Kier alpha value is -6.74. The molecule has 2 fully saturated rings. The quantitative estimate of drug-likeness (QED) is 0.0974. The number of anilines is 1. The highest BCUT2D eigenvalue weighted by Gasteiger charge is 2.32. The Morgan fingerprint density at radius 1 is 0.672 bits per heavy atom. The van der Waals surface area contributed by atoms with Crippen LogP contribution in [0.2, 0.25) is 0 Å². The number of rotatable bonds is 5. The number of sulfone groups is 2. The first-order valence-corrected chi connectivity index (χ1v) is 24.3. The molecule has 2 aliphatic heterocycles. The Balaban J connectivity index is 0.000000156. The molecule has 0 saturated carbocycles. The largest absolute Gasteiger partial charge is 0.383 e. The van der Waals surface area contributed by atoms with Gasteiger partial charge < -0.3 is 5.73 Å². The molecule has 0 aliphatic carbocycles. The molecule has 7 aromatic heterocycles. The Bertz CT molecular complexity index is 3480. The number of aryl methyl sites for hydroxylation is 1. The summed E-state index contributed by atoms with van der Waals surface area (Å²) in [5.41, 5.74) is 16.3. The van der Waals surface area contributed by atoms with E-state index in [4.69, 9.17) is 15.7 Å². The number of benzene rings is 2. The Labute approximate surface area is 367 Å². The fraction of sp³-hybridized carbons (Fsp3) is 0.273. The number of fused-ring (bicyclic) bond motifs is 6. The number of carbonyl (C=O) groups is 1. The molecule has 11 rings (SSSR count). The molecule has 64 heavy (non-hydrogen) atoms. The monoisotopic (exact) mass is 899 g/mol. The van der Waals surface area contributed by atoms with Crippen molar-refractivity contribution in [2.75, 3.05) is 28.7 Å². The molecule has 0 unspecified atom stereocenters. The van der Waals surface area contributed by atoms with Crippen molar-refractivity contribution in [2.24, 2.45) is 11.7 Å². The predicted octanol–water partition coefficient (Wildman–Crippen LogP) is 5.26. The predicted molar refractivity (Wildman–Crippen MR) is 246 cm³/mol. The van der Waals surface area contributed by atoms with Gasteiger partial charge in [0, 0.05) is 62.9 Å². The highest BCUT2D eigenvalue weighted by molar-refractivity contribution is 7.91. The van der Waals surface area contributed by atoms with Gasteiger partial charge in [0.05, 0.1) is 68.8 Å². The second-order valence-electron chi connectivity index (χ2n) is 16.1. The van der Waals surface area contributed by atoms with Crippen LogP contribution < -0.4 is 17.4 Å². The van der Waals surface area contributed by atoms with Crippen LogP contribution in [0.4, 0.5) is 5.82 Å². The highest BCUT2D eigenvalue weighted by atomic mass is 32.2. The lowest BCUT2D eigenvalue weighted by atomic mass is 9.93. The molecule has 2 aromatic carbocycles. The first-order chi connectivity index (χ1) is 30.8. The number of carbonyl (C=O) groups excluding carboxylic acids is 1. The standard InChI is InChI=1S/C22H20N6O2S.C22H21N5O3S.H4N2/c1-13-19-20(14-6-8-31(29,30)9-7-14)25-21-17(12-24-28(21)22(19)27-26-13)16-10-15-4-2-3-5-18(15)23-11-16;1-13(28)19-20(14-6-8-31(29,30)9-7-14)26-22-17(12-25-27(22)21(19)23)16-10-15-4-2-3-5-18(15)24-11-16;1-2/h2-5,10-12,14H,6-9H2,1H3,(H,26,27);2-5,10-12,14H,6-9,23H2,1H3;1-2H2. The molecule has 0 amide bonds. The number of nitrogen functional groups attached to an aromatic ring is 1. The van der Waals surface area contributed by atoms with Crippen molar-refractivity contribution < 1.29 is 21.6 Å². The first-order valence-electron chi connectivity index (χ1n) is 20.7. The Kier molecular flexibility index (Phi) is 11.1. The number of pyridine rings is 2. The van der Waals surface area contributed by atoms with E-state index in [0.717, 1.165) is 60.8 Å². The molecule has 0 bridgehead atoms. The SMILES string of the molecule is CC(=O)c1c(C2CCS(=O)(=O)CC2)nc2c(-c3cnc4ccccc4c3)cnn2c1N.Cc1[nH]nc2c1c(C1CCS(=O)(=O)CC1)nc1c(-c3cnc4ccccc4c3)cnn12.NN. The molecule has 0 radical (unpaired) electrons. The van der Waals surface area contributed by atoms with E-state index in [9.17, 15) is 21.6 Å². The molecule has 9 aromatic rings. The van der Waals surface area contributed by atoms with Gasteiger partial charge in [-0.05, 0) is 63.8 Å². The van der Waals surface area contributed by atoms with Gasteiger partial charge in [-0.15, -0.1) is 0 Å². The maximum Gasteiger partial charge on any atom is 0.186 e. The van der Waals surface area contributed by atoms with E-state index in [2.05, 4.69) is 48.1 Å². The molecule has 7 N–H and O–H groups in total. The Morgan fingerprint density at radius 3 is 1.67 bits per heavy atom. The molecule has 2 saturated heterocycles. The second-order valence-corrected chi connectivity index (χ2v) is 20.7. The number of H-pyrrole nitrogens is 1. The number of Topliss-reactive ketones (excluding diaryl/α,β-unsaturated/α-hetero) is 1. The van der Waals surface area contributed by atoms with Crippen LogP contribution in [0.25, 0.3) is 66.4 Å². The van der Waals surface area contributed by atoms with Gasteiger partial charge in [0.1, 0.15) is 25.5 Å². The summed E-state index contributed by atoms with van der Waals surface area (Å²) in [4.78, 5) is 31.4. The van der Waals surface area contributed by atoms with Gasteiger partial charge in [-0.1, -0.05) is 36.4 Å². The van der Waals surface area contributed by atoms with Crippen molar-refractivity contribution in [1.29, 1.82) is 0 Å². The molecule has 0 atom stereocenters. The second kappa shape index (κ2) is 16.8. The number of nitrogens with one attached hydrogen (secondary N) is 1. The van der Waals surface area contributed by atoms with Gasteiger partial charge in [-0.25, -0.2) is 26.8 Å². The van der Waals surface area contributed by atoms with E-state index in [0.29, 0.717) is 53.9 Å². The molecule has 20 heteroatoms. The number of para-hydroxylation sites is 2. The van der Waals surface area contributed by atoms with E-state index < -0.39 is 19.7 Å². The third kappa shape index (κ3) is 7.82. The lowest BCUT2D eigenvalue weighted by molar-refractivity contribution is 0.101. The summed E-state index contributed by atoms with van der Waals surface area (Å²) in [5.74, 6) is 8.51. The molecular formula is C44H45N13O5S2. The maximum atomic E-state index is 12.4. The topological polar surface area (TPSA) is 278 Å². The van der Waals surface area contributed by atoms with Crippen molar-refractivity contribution in [2.45, 2.75) is 51.4 Å². The third-order valence-corrected chi connectivity index (χ3v) is 15.5.